The van der Waals surface area contributed by atoms with Gasteiger partial charge >= 0.3 is 5.97 Å². The van der Waals surface area contributed by atoms with Crippen LogP contribution in [0, 0.1) is 6.92 Å². The molecule has 0 amide bonds. The Morgan fingerprint density at radius 1 is 0.972 bits per heavy atom. The van der Waals surface area contributed by atoms with E-state index >= 15 is 0 Å². The van der Waals surface area contributed by atoms with E-state index < -0.39 is 37.9 Å². The van der Waals surface area contributed by atoms with Crippen molar-refractivity contribution in [2.75, 3.05) is 11.5 Å². The van der Waals surface area contributed by atoms with Crippen molar-refractivity contribution in [1.82, 2.24) is 9.62 Å². The molecule has 2 N–H and O–H groups in total. The van der Waals surface area contributed by atoms with E-state index in [9.17, 15) is 26.7 Å². The van der Waals surface area contributed by atoms with Crippen LogP contribution in [0.15, 0.2) is 83.8 Å². The topological polar surface area (TPSA) is 121 Å². The standard InChI is InChI=1S/C26H28N2O6S2/c1-19-12-13-22(26(29)30)14-25(19)36(33,34)28(16-21-10-6-3-7-11-21)24-18-35(31,32)17-23(24)27-15-20-8-4-2-5-9-20/h2-14,23-24,27H,15-18H2,1H3,(H,29,30)/t23-,24-/m1/s1. The van der Waals surface area contributed by atoms with Crippen LogP contribution in [0.25, 0.3) is 0 Å². The first-order valence-corrected chi connectivity index (χ1v) is 14.7. The quantitative estimate of drug-likeness (QED) is 0.438. The highest BCUT2D eigenvalue weighted by atomic mass is 32.2. The molecule has 1 fully saturated rings. The van der Waals surface area contributed by atoms with Gasteiger partial charge in [0.1, 0.15) is 0 Å². The van der Waals surface area contributed by atoms with Crippen LogP contribution in [-0.4, -0.2) is 55.8 Å². The van der Waals surface area contributed by atoms with E-state index in [1.165, 1.54) is 16.4 Å². The summed E-state index contributed by atoms with van der Waals surface area (Å²) in [5.41, 5.74) is 1.87. The Hall–Kier alpha value is -3.05. The Labute approximate surface area is 211 Å². The molecule has 1 saturated heterocycles. The maximum atomic E-state index is 14.1. The lowest BCUT2D eigenvalue weighted by Crippen LogP contribution is -2.51. The number of hydrogen-bond donors (Lipinski definition) is 2. The third-order valence-electron chi connectivity index (χ3n) is 6.31. The molecule has 36 heavy (non-hydrogen) atoms. The molecular weight excluding hydrogens is 500 g/mol. The molecule has 1 aliphatic rings. The number of carboxylic acids is 1. The zero-order valence-electron chi connectivity index (χ0n) is 19.7. The van der Waals surface area contributed by atoms with E-state index in [0.717, 1.165) is 11.6 Å². The van der Waals surface area contributed by atoms with Crippen LogP contribution in [0.2, 0.25) is 0 Å². The molecule has 10 heteroatoms. The van der Waals surface area contributed by atoms with Crippen LogP contribution >= 0.6 is 0 Å². The largest absolute Gasteiger partial charge is 0.478 e. The summed E-state index contributed by atoms with van der Waals surface area (Å²) in [6.45, 7) is 1.92. The minimum Gasteiger partial charge on any atom is -0.478 e. The summed E-state index contributed by atoms with van der Waals surface area (Å²) in [6, 6.07) is 20.8. The Kier molecular flexibility index (Phi) is 7.60. The van der Waals surface area contributed by atoms with Gasteiger partial charge in [-0.15, -0.1) is 0 Å². The molecule has 3 aromatic carbocycles. The summed E-state index contributed by atoms with van der Waals surface area (Å²) in [5.74, 6) is -1.77. The minimum atomic E-state index is -4.27. The zero-order valence-corrected chi connectivity index (χ0v) is 21.4. The fourth-order valence-corrected chi connectivity index (χ4v) is 8.38. The predicted octanol–water partition coefficient (Wildman–Crippen LogP) is 2.84. The fraction of sp³-hybridized carbons (Fsp3) is 0.269. The van der Waals surface area contributed by atoms with Crippen LogP contribution in [0.1, 0.15) is 27.0 Å². The highest BCUT2D eigenvalue weighted by molar-refractivity contribution is 7.92. The van der Waals surface area contributed by atoms with Crippen LogP contribution < -0.4 is 5.32 Å². The van der Waals surface area contributed by atoms with E-state index in [0.29, 0.717) is 17.7 Å². The zero-order chi connectivity index (χ0) is 25.9. The van der Waals surface area contributed by atoms with E-state index in [-0.39, 0.29) is 28.5 Å². The number of nitrogens with one attached hydrogen (secondary N) is 1. The van der Waals surface area contributed by atoms with Crippen LogP contribution in [0.5, 0.6) is 0 Å². The van der Waals surface area contributed by atoms with Crippen molar-refractivity contribution in [1.29, 1.82) is 0 Å². The average molecular weight is 529 g/mol. The first-order valence-electron chi connectivity index (χ1n) is 11.4. The molecule has 0 unspecified atom stereocenters. The van der Waals surface area contributed by atoms with Gasteiger partial charge in [0.2, 0.25) is 10.0 Å². The number of aryl methyl sites for hydroxylation is 1. The van der Waals surface area contributed by atoms with E-state index in [4.69, 9.17) is 0 Å². The number of rotatable bonds is 9. The van der Waals surface area contributed by atoms with Gasteiger partial charge < -0.3 is 10.4 Å². The molecule has 1 aliphatic heterocycles. The molecule has 1 heterocycles. The Balaban J connectivity index is 1.76. The van der Waals surface area contributed by atoms with Crippen LogP contribution in [0.3, 0.4) is 0 Å². The van der Waals surface area contributed by atoms with Gasteiger partial charge in [-0.3, -0.25) is 0 Å². The van der Waals surface area contributed by atoms with Crippen molar-refractivity contribution in [3.05, 3.63) is 101 Å². The smallest absolute Gasteiger partial charge is 0.335 e. The van der Waals surface area contributed by atoms with Gasteiger partial charge in [0.25, 0.3) is 0 Å². The number of carboxylic acid groups (broad SMARTS) is 1. The van der Waals surface area contributed by atoms with Gasteiger partial charge in [0, 0.05) is 19.1 Å². The summed E-state index contributed by atoms with van der Waals surface area (Å²) in [6.07, 6.45) is 0. The molecule has 4 rings (SSSR count). The number of hydrogen-bond acceptors (Lipinski definition) is 6. The lowest BCUT2D eigenvalue weighted by molar-refractivity contribution is 0.0696. The molecule has 3 aromatic rings. The summed E-state index contributed by atoms with van der Waals surface area (Å²) in [4.78, 5) is 11.4. The molecule has 8 nitrogen and oxygen atoms in total. The maximum Gasteiger partial charge on any atom is 0.335 e. The third kappa shape index (κ3) is 5.84. The van der Waals surface area contributed by atoms with Gasteiger partial charge in [0.05, 0.1) is 28.0 Å². The summed E-state index contributed by atoms with van der Waals surface area (Å²) < 4.78 is 54.8. The Bertz CT molecular complexity index is 1440. The second kappa shape index (κ2) is 10.5. The van der Waals surface area contributed by atoms with Crippen molar-refractivity contribution in [2.45, 2.75) is 37.0 Å². The van der Waals surface area contributed by atoms with Gasteiger partial charge in [-0.2, -0.15) is 4.31 Å². The summed E-state index contributed by atoms with van der Waals surface area (Å²) in [5, 5.41) is 12.7. The number of sulfone groups is 1. The lowest BCUT2D eigenvalue weighted by Gasteiger charge is -2.32. The number of sulfonamides is 1. The molecular formula is C26H28N2O6S2. The highest BCUT2D eigenvalue weighted by Gasteiger charge is 2.45. The SMILES string of the molecule is Cc1ccc(C(=O)O)cc1S(=O)(=O)N(Cc1ccccc1)[C@@H]1CS(=O)(=O)C[C@H]1NCc1ccccc1. The monoisotopic (exact) mass is 528 g/mol. The second-order valence-electron chi connectivity index (χ2n) is 8.94. The fourth-order valence-electron chi connectivity index (χ4n) is 4.43. The number of nitrogens with zero attached hydrogens (tertiary/aromatic N) is 1. The van der Waals surface area contributed by atoms with Gasteiger partial charge in [0.15, 0.2) is 9.84 Å². The van der Waals surface area contributed by atoms with E-state index in [1.807, 2.05) is 36.4 Å². The number of benzene rings is 3. The van der Waals surface area contributed by atoms with Crippen molar-refractivity contribution < 1.29 is 26.7 Å². The van der Waals surface area contributed by atoms with Crippen LogP contribution in [-0.2, 0) is 33.0 Å². The Morgan fingerprint density at radius 3 is 2.19 bits per heavy atom. The number of carbonyl (C=O) groups is 1. The van der Waals surface area contributed by atoms with Crippen molar-refractivity contribution in [3.63, 3.8) is 0 Å². The van der Waals surface area contributed by atoms with Gasteiger partial charge in [-0.05, 0) is 35.7 Å². The molecule has 0 bridgehead atoms. The maximum absolute atomic E-state index is 14.1. The van der Waals surface area contributed by atoms with E-state index in [2.05, 4.69) is 5.32 Å². The molecule has 0 saturated carbocycles. The number of aromatic carboxylic acids is 1. The van der Waals surface area contributed by atoms with E-state index in [1.54, 1.807) is 31.2 Å². The first kappa shape index (κ1) is 26.0. The van der Waals surface area contributed by atoms with Crippen LogP contribution in [0.4, 0.5) is 0 Å². The minimum absolute atomic E-state index is 0.0520. The normalized spacial score (nSPS) is 19.4. The molecule has 190 valence electrons. The van der Waals surface area contributed by atoms with Crippen molar-refractivity contribution in [3.8, 4) is 0 Å². The average Bonchev–Trinajstić information content (AvgIpc) is 3.16. The van der Waals surface area contributed by atoms with Crippen molar-refractivity contribution >= 4 is 25.8 Å². The van der Waals surface area contributed by atoms with Gasteiger partial charge in [-0.1, -0.05) is 66.7 Å². The summed E-state index contributed by atoms with van der Waals surface area (Å²) >= 11 is 0. The molecule has 0 radical (unpaired) electrons. The Morgan fingerprint density at radius 2 is 1.58 bits per heavy atom. The molecule has 0 aromatic heterocycles. The van der Waals surface area contributed by atoms with Gasteiger partial charge in [-0.25, -0.2) is 21.6 Å². The molecule has 2 atom stereocenters. The highest BCUT2D eigenvalue weighted by Crippen LogP contribution is 2.30. The molecule has 0 spiro atoms. The predicted molar refractivity (Wildman–Crippen MR) is 137 cm³/mol. The van der Waals surface area contributed by atoms with Crippen molar-refractivity contribution in [2.24, 2.45) is 0 Å². The molecule has 0 aliphatic carbocycles. The third-order valence-corrected chi connectivity index (χ3v) is 10.0. The first-order chi connectivity index (χ1) is 17.1. The second-order valence-corrected chi connectivity index (χ2v) is 13.0. The lowest BCUT2D eigenvalue weighted by atomic mass is 10.1. The summed E-state index contributed by atoms with van der Waals surface area (Å²) in [7, 11) is -7.79.